The Morgan fingerprint density at radius 1 is 1.17 bits per heavy atom. The zero-order valence-corrected chi connectivity index (χ0v) is 14.2. The largest absolute Gasteiger partial charge is 0.361 e. The van der Waals surface area contributed by atoms with E-state index in [1.54, 1.807) is 0 Å². The maximum Gasteiger partial charge on any atom is 0.0454 e. The van der Waals surface area contributed by atoms with Crippen LogP contribution < -0.4 is 0 Å². The molecule has 2 aromatic rings. The Hall–Kier alpha value is -2.54. The topological polar surface area (TPSA) is 15.8 Å². The number of benzene rings is 1. The van der Waals surface area contributed by atoms with E-state index in [-0.39, 0.29) is 0 Å². The SMILES string of the molecule is C=C/C(C(=C)CCC(=C)c1ccc2[nH]ccc2c1)=C(C)\C=C/C. The molecule has 118 valence electrons. The van der Waals surface area contributed by atoms with Gasteiger partial charge < -0.3 is 4.98 Å². The number of fused-ring (bicyclic) bond motifs is 1. The molecule has 0 amide bonds. The fourth-order valence-electron chi connectivity index (χ4n) is 2.78. The van der Waals surface area contributed by atoms with Crippen molar-refractivity contribution in [2.45, 2.75) is 26.7 Å². The molecule has 0 aliphatic heterocycles. The minimum absolute atomic E-state index is 0.889. The van der Waals surface area contributed by atoms with Crippen molar-refractivity contribution in [1.82, 2.24) is 4.98 Å². The first-order chi connectivity index (χ1) is 11.1. The van der Waals surface area contributed by atoms with E-state index in [2.05, 4.69) is 62.0 Å². The van der Waals surface area contributed by atoms with E-state index in [0.29, 0.717) is 0 Å². The summed E-state index contributed by atoms with van der Waals surface area (Å²) >= 11 is 0. The van der Waals surface area contributed by atoms with E-state index < -0.39 is 0 Å². The van der Waals surface area contributed by atoms with Crippen molar-refractivity contribution in [3.63, 3.8) is 0 Å². The van der Waals surface area contributed by atoms with Gasteiger partial charge in [-0.2, -0.15) is 0 Å². The van der Waals surface area contributed by atoms with Gasteiger partial charge in [0.1, 0.15) is 0 Å². The lowest BCUT2D eigenvalue weighted by atomic mass is 9.94. The number of hydrogen-bond acceptors (Lipinski definition) is 0. The lowest BCUT2D eigenvalue weighted by molar-refractivity contribution is 1.01. The van der Waals surface area contributed by atoms with Crippen molar-refractivity contribution in [1.29, 1.82) is 0 Å². The van der Waals surface area contributed by atoms with Crippen molar-refractivity contribution >= 4 is 16.5 Å². The van der Waals surface area contributed by atoms with E-state index in [1.807, 2.05) is 25.3 Å². The number of rotatable bonds is 7. The van der Waals surface area contributed by atoms with Crippen LogP contribution in [0.4, 0.5) is 0 Å². The number of hydrogen-bond donors (Lipinski definition) is 1. The molecule has 0 saturated carbocycles. The van der Waals surface area contributed by atoms with Gasteiger partial charge in [-0.3, -0.25) is 0 Å². The van der Waals surface area contributed by atoms with Gasteiger partial charge in [-0.1, -0.05) is 44.0 Å². The molecular weight excluding hydrogens is 278 g/mol. The summed E-state index contributed by atoms with van der Waals surface area (Å²) in [5.41, 5.74) is 6.94. The first kappa shape index (κ1) is 16.8. The van der Waals surface area contributed by atoms with Crippen LogP contribution in [0.1, 0.15) is 32.3 Å². The Balaban J connectivity index is 2.07. The van der Waals surface area contributed by atoms with Crippen LogP contribution >= 0.6 is 0 Å². The van der Waals surface area contributed by atoms with Gasteiger partial charge in [0, 0.05) is 11.7 Å². The average molecular weight is 303 g/mol. The maximum atomic E-state index is 4.25. The van der Waals surface area contributed by atoms with E-state index in [0.717, 1.165) is 35.1 Å². The Labute approximate surface area is 139 Å². The van der Waals surface area contributed by atoms with Gasteiger partial charge in [0.05, 0.1) is 0 Å². The van der Waals surface area contributed by atoms with E-state index >= 15 is 0 Å². The third-order valence-corrected chi connectivity index (χ3v) is 4.12. The molecule has 1 aromatic heterocycles. The van der Waals surface area contributed by atoms with Crippen molar-refractivity contribution in [3.05, 3.63) is 90.7 Å². The number of H-pyrrole nitrogens is 1. The predicted octanol–water partition coefficient (Wildman–Crippen LogP) is 6.60. The summed E-state index contributed by atoms with van der Waals surface area (Å²) in [5, 5.41) is 1.22. The van der Waals surface area contributed by atoms with Crippen LogP contribution in [0, 0.1) is 0 Å². The summed E-state index contributed by atoms with van der Waals surface area (Å²) in [4.78, 5) is 3.22. The molecule has 0 radical (unpaired) electrons. The monoisotopic (exact) mass is 303 g/mol. The molecule has 1 heterocycles. The Bertz CT molecular complexity index is 796. The van der Waals surface area contributed by atoms with E-state index in [9.17, 15) is 0 Å². The number of allylic oxidation sites excluding steroid dienone is 7. The van der Waals surface area contributed by atoms with Gasteiger partial charge in [0.2, 0.25) is 0 Å². The molecule has 0 bridgehead atoms. The first-order valence-corrected chi connectivity index (χ1v) is 7.96. The molecule has 23 heavy (non-hydrogen) atoms. The highest BCUT2D eigenvalue weighted by atomic mass is 14.7. The second-order valence-corrected chi connectivity index (χ2v) is 5.79. The fraction of sp³-hybridized carbons (Fsp3) is 0.182. The van der Waals surface area contributed by atoms with Crippen LogP contribution in [-0.2, 0) is 0 Å². The molecular formula is C22H25N. The molecule has 0 fully saturated rings. The summed E-state index contributed by atoms with van der Waals surface area (Å²) < 4.78 is 0. The smallest absolute Gasteiger partial charge is 0.0454 e. The lowest BCUT2D eigenvalue weighted by Gasteiger charge is -2.11. The van der Waals surface area contributed by atoms with Gasteiger partial charge in [-0.05, 0) is 78.1 Å². The summed E-state index contributed by atoms with van der Waals surface area (Å²) in [5.74, 6) is 0. The van der Waals surface area contributed by atoms with Gasteiger partial charge in [0.15, 0.2) is 0 Å². The van der Waals surface area contributed by atoms with Gasteiger partial charge in [-0.15, -0.1) is 0 Å². The number of aromatic nitrogens is 1. The minimum Gasteiger partial charge on any atom is -0.361 e. The van der Waals surface area contributed by atoms with Crippen molar-refractivity contribution in [2.75, 3.05) is 0 Å². The number of nitrogens with one attached hydrogen (secondary N) is 1. The van der Waals surface area contributed by atoms with E-state index in [1.165, 1.54) is 16.5 Å². The van der Waals surface area contributed by atoms with Gasteiger partial charge >= 0.3 is 0 Å². The molecule has 0 spiro atoms. The van der Waals surface area contributed by atoms with Crippen LogP contribution in [0.2, 0.25) is 0 Å². The van der Waals surface area contributed by atoms with E-state index in [4.69, 9.17) is 0 Å². The Morgan fingerprint density at radius 3 is 2.65 bits per heavy atom. The molecule has 1 heteroatoms. The highest BCUT2D eigenvalue weighted by molar-refractivity contribution is 5.83. The first-order valence-electron chi connectivity index (χ1n) is 7.96. The molecule has 0 saturated heterocycles. The summed E-state index contributed by atoms with van der Waals surface area (Å²) in [7, 11) is 0. The quantitative estimate of drug-likeness (QED) is 0.555. The highest BCUT2D eigenvalue weighted by Gasteiger charge is 2.06. The van der Waals surface area contributed by atoms with Crippen LogP contribution in [0.25, 0.3) is 16.5 Å². The molecule has 0 aliphatic carbocycles. The van der Waals surface area contributed by atoms with Crippen molar-refractivity contribution in [2.24, 2.45) is 0 Å². The highest BCUT2D eigenvalue weighted by Crippen LogP contribution is 2.27. The van der Waals surface area contributed by atoms with Crippen LogP contribution in [-0.4, -0.2) is 4.98 Å². The second kappa shape index (κ2) is 7.64. The Kier molecular flexibility index (Phi) is 5.59. The number of aromatic amines is 1. The third-order valence-electron chi connectivity index (χ3n) is 4.12. The molecule has 0 unspecified atom stereocenters. The zero-order chi connectivity index (χ0) is 16.8. The van der Waals surface area contributed by atoms with Crippen molar-refractivity contribution in [3.8, 4) is 0 Å². The van der Waals surface area contributed by atoms with Gasteiger partial charge in [0.25, 0.3) is 0 Å². The molecule has 1 nitrogen and oxygen atoms in total. The molecule has 1 aromatic carbocycles. The summed E-state index contributed by atoms with van der Waals surface area (Å²) in [6.07, 6.45) is 9.78. The maximum absolute atomic E-state index is 4.25. The fourth-order valence-corrected chi connectivity index (χ4v) is 2.78. The molecule has 1 N–H and O–H groups in total. The Morgan fingerprint density at radius 2 is 1.96 bits per heavy atom. The summed E-state index contributed by atoms with van der Waals surface area (Å²) in [6.45, 7) is 16.5. The summed E-state index contributed by atoms with van der Waals surface area (Å²) in [6, 6.07) is 8.51. The molecule has 0 atom stereocenters. The minimum atomic E-state index is 0.889. The van der Waals surface area contributed by atoms with Crippen molar-refractivity contribution < 1.29 is 0 Å². The van der Waals surface area contributed by atoms with Crippen LogP contribution in [0.15, 0.2) is 85.1 Å². The predicted molar refractivity (Wildman–Crippen MR) is 103 cm³/mol. The molecule has 2 rings (SSSR count). The van der Waals surface area contributed by atoms with Crippen LogP contribution in [0.3, 0.4) is 0 Å². The second-order valence-electron chi connectivity index (χ2n) is 5.79. The zero-order valence-electron chi connectivity index (χ0n) is 14.2. The van der Waals surface area contributed by atoms with Gasteiger partial charge in [-0.25, -0.2) is 0 Å². The molecule has 0 aliphatic rings. The standard InChI is InChI=1S/C22H25N/c1-6-8-17(4)21(7-2)18(5)10-9-16(3)19-11-12-22-20(15-19)13-14-23-22/h6-8,11-15,23H,2-3,5,9-10H2,1,4H3/b8-6-,21-17+. The normalized spacial score (nSPS) is 12.4. The third kappa shape index (κ3) is 4.01. The lowest BCUT2D eigenvalue weighted by Crippen LogP contribution is -1.91. The van der Waals surface area contributed by atoms with Crippen LogP contribution in [0.5, 0.6) is 0 Å². The average Bonchev–Trinajstić information content (AvgIpc) is 3.01.